The maximum absolute atomic E-state index is 9.45. The Morgan fingerprint density at radius 3 is 1.70 bits per heavy atom. The molecule has 56 valence electrons. The molecule has 0 heterocycles. The summed E-state index contributed by atoms with van der Waals surface area (Å²) in [6.45, 7) is 5.95. The fraction of sp³-hybridized carbons (Fsp3) is 0.500. The predicted octanol–water partition coefficient (Wildman–Crippen LogP) is -0.457. The smallest absolute Gasteiger partial charge is 0.332 e. The van der Waals surface area contributed by atoms with E-state index in [0.717, 1.165) is 0 Å². The van der Waals surface area contributed by atoms with Gasteiger partial charge in [-0.1, -0.05) is 0 Å². The summed E-state index contributed by atoms with van der Waals surface area (Å²) in [6.07, 6.45) is -1.23. The topological polar surface area (TPSA) is 81.3 Å². The predicted molar refractivity (Wildman–Crippen MR) is 24.3 cm³/mol. The molecule has 0 aliphatic carbocycles. The van der Waals surface area contributed by atoms with E-state index in [2.05, 4.69) is 0 Å². The molecule has 0 aliphatic heterocycles. The van der Waals surface area contributed by atoms with Gasteiger partial charge in [-0.05, 0) is 6.92 Å². The molecule has 1 atom stereocenters. The fourth-order valence-electron chi connectivity index (χ4n) is 0. The minimum atomic E-state index is -1.23. The number of rotatable bonds is 1. The number of carboxylic acid groups (broad SMARTS) is 1. The van der Waals surface area contributed by atoms with Crippen molar-refractivity contribution in [1.29, 1.82) is 5.26 Å². The van der Waals surface area contributed by atoms with Crippen LogP contribution >= 0.6 is 0 Å². The van der Waals surface area contributed by atoms with Crippen molar-refractivity contribution in [2.75, 3.05) is 0 Å². The Morgan fingerprint density at radius 2 is 1.70 bits per heavy atom. The van der Waals surface area contributed by atoms with Crippen molar-refractivity contribution in [2.45, 2.75) is 13.0 Å². The number of carboxylic acids is 1. The first-order chi connectivity index (χ1) is 3.64. The van der Waals surface area contributed by atoms with E-state index in [1.165, 1.54) is 6.92 Å². The van der Waals surface area contributed by atoms with Crippen LogP contribution in [0.3, 0.4) is 0 Å². The first kappa shape index (κ1) is 22.5. The van der Waals surface area contributed by atoms with Gasteiger partial charge in [0.25, 0.3) is 0 Å². The molecule has 0 aliphatic rings. The molecule has 0 saturated carbocycles. The number of hydrogen-bond donors (Lipinski definition) is 2. The SMILES string of the molecule is CC(O)C(=O)O.[C-]#N.[Fe].[Zn]. The first-order valence-corrected chi connectivity index (χ1v) is 1.78. The van der Waals surface area contributed by atoms with Crippen LogP contribution in [-0.2, 0) is 41.3 Å². The van der Waals surface area contributed by atoms with Crippen molar-refractivity contribution >= 4 is 5.97 Å². The van der Waals surface area contributed by atoms with Gasteiger partial charge in [0.2, 0.25) is 0 Å². The van der Waals surface area contributed by atoms with Crippen molar-refractivity contribution in [3.8, 4) is 0 Å². The number of aliphatic hydroxyl groups is 1. The summed E-state index contributed by atoms with van der Waals surface area (Å²) in [5.41, 5.74) is 0. The van der Waals surface area contributed by atoms with Gasteiger partial charge < -0.3 is 22.0 Å². The largest absolute Gasteiger partial charge is 0.512 e. The van der Waals surface area contributed by atoms with Gasteiger partial charge in [0.1, 0.15) is 6.10 Å². The van der Waals surface area contributed by atoms with E-state index >= 15 is 0 Å². The Labute approximate surface area is 82.5 Å². The quantitative estimate of drug-likeness (QED) is 0.478. The number of aliphatic hydroxyl groups excluding tert-OH is 1. The Hall–Kier alpha value is 0.0629. The molecule has 10 heavy (non-hydrogen) atoms. The zero-order valence-electron chi connectivity index (χ0n) is 5.39. The molecule has 0 bridgehead atoms. The van der Waals surface area contributed by atoms with Gasteiger partial charge in [-0.25, -0.2) is 4.79 Å². The molecule has 0 amide bonds. The number of aliphatic carboxylic acids is 1. The van der Waals surface area contributed by atoms with E-state index in [0.29, 0.717) is 0 Å². The van der Waals surface area contributed by atoms with E-state index in [1.54, 1.807) is 0 Å². The second-order valence-electron chi connectivity index (χ2n) is 1.01. The third-order valence-electron chi connectivity index (χ3n) is 0.357. The van der Waals surface area contributed by atoms with Gasteiger partial charge in [-0.3, -0.25) is 0 Å². The molecule has 0 aromatic rings. The van der Waals surface area contributed by atoms with Gasteiger partial charge in [-0.15, -0.1) is 0 Å². The zero-order chi connectivity index (χ0) is 7.15. The standard InChI is InChI=1S/C3H6O3.CN.Fe.Zn/c1-2(4)3(5)6;1-2;;/h2,4H,1H3,(H,5,6);;;/q;-1;;. The second-order valence-corrected chi connectivity index (χ2v) is 1.01. The van der Waals surface area contributed by atoms with Crippen molar-refractivity contribution in [3.05, 3.63) is 6.57 Å². The van der Waals surface area contributed by atoms with Crippen LogP contribution in [0.1, 0.15) is 6.92 Å². The Morgan fingerprint density at radius 1 is 1.60 bits per heavy atom. The summed E-state index contributed by atoms with van der Waals surface area (Å²) in [4.78, 5) is 9.45. The van der Waals surface area contributed by atoms with E-state index in [-0.39, 0.29) is 36.5 Å². The molecular formula is C4H6FeNO3Zn-. The van der Waals surface area contributed by atoms with Crippen LogP contribution in [0, 0.1) is 11.8 Å². The van der Waals surface area contributed by atoms with Crippen LogP contribution in [0.2, 0.25) is 0 Å². The van der Waals surface area contributed by atoms with Crippen molar-refractivity contribution in [2.24, 2.45) is 0 Å². The Kier molecular flexibility index (Phi) is 36.0. The van der Waals surface area contributed by atoms with Crippen LogP contribution in [0.25, 0.3) is 0 Å². The molecule has 4 nitrogen and oxygen atoms in total. The van der Waals surface area contributed by atoms with Gasteiger partial charge in [0.05, 0.1) is 0 Å². The summed E-state index contributed by atoms with van der Waals surface area (Å²) in [5.74, 6) is -1.19. The van der Waals surface area contributed by atoms with Crippen LogP contribution in [-0.4, -0.2) is 22.3 Å². The molecule has 0 saturated heterocycles. The summed E-state index contributed by atoms with van der Waals surface area (Å²) < 4.78 is 0. The van der Waals surface area contributed by atoms with Gasteiger partial charge in [-0.2, -0.15) is 0 Å². The minimum Gasteiger partial charge on any atom is -0.512 e. The molecule has 0 fully saturated rings. The minimum absolute atomic E-state index is 0. The third kappa shape index (κ3) is 24.4. The molecular weight excluding hydrogens is 231 g/mol. The fourth-order valence-corrected chi connectivity index (χ4v) is 0. The molecule has 0 aromatic heterocycles. The molecule has 2 N–H and O–H groups in total. The van der Waals surface area contributed by atoms with E-state index in [4.69, 9.17) is 22.0 Å². The monoisotopic (exact) mass is 236 g/mol. The average molecular weight is 237 g/mol. The summed E-state index contributed by atoms with van der Waals surface area (Å²) in [5, 5.41) is 22.0. The normalized spacial score (nSPS) is 8.40. The number of carbonyl (C=O) groups is 1. The van der Waals surface area contributed by atoms with Gasteiger partial charge >= 0.3 is 5.97 Å². The van der Waals surface area contributed by atoms with Crippen LogP contribution in [0.15, 0.2) is 0 Å². The molecule has 0 aromatic carbocycles. The average Bonchev–Trinajstić information content (AvgIpc) is 1.72. The molecule has 0 spiro atoms. The van der Waals surface area contributed by atoms with Crippen LogP contribution in [0.5, 0.6) is 0 Å². The molecule has 0 radical (unpaired) electrons. The van der Waals surface area contributed by atoms with Crippen molar-refractivity contribution in [1.82, 2.24) is 0 Å². The van der Waals surface area contributed by atoms with E-state index < -0.39 is 12.1 Å². The van der Waals surface area contributed by atoms with Gasteiger partial charge in [0, 0.05) is 36.5 Å². The second kappa shape index (κ2) is 16.0. The van der Waals surface area contributed by atoms with Crippen molar-refractivity contribution in [3.63, 3.8) is 0 Å². The first-order valence-electron chi connectivity index (χ1n) is 1.78. The van der Waals surface area contributed by atoms with Crippen LogP contribution < -0.4 is 0 Å². The van der Waals surface area contributed by atoms with Crippen LogP contribution in [0.4, 0.5) is 0 Å². The summed E-state index contributed by atoms with van der Waals surface area (Å²) >= 11 is 0. The Bertz CT molecular complexity index is 95.7. The Balaban J connectivity index is -0.0000000412. The van der Waals surface area contributed by atoms with E-state index in [9.17, 15) is 4.79 Å². The molecule has 6 heteroatoms. The number of nitrogens with zero attached hydrogens (tertiary/aromatic N) is 1. The maximum Gasteiger partial charge on any atom is 0.332 e. The number of hydrogen-bond acceptors (Lipinski definition) is 3. The zero-order valence-corrected chi connectivity index (χ0v) is 9.46. The molecule has 0 rings (SSSR count). The summed E-state index contributed by atoms with van der Waals surface area (Å²) in [7, 11) is 0. The van der Waals surface area contributed by atoms with E-state index in [1.807, 2.05) is 0 Å². The molecule has 1 unspecified atom stereocenters. The van der Waals surface area contributed by atoms with Gasteiger partial charge in [0.15, 0.2) is 0 Å². The third-order valence-corrected chi connectivity index (χ3v) is 0.357. The maximum atomic E-state index is 9.45. The summed E-state index contributed by atoms with van der Waals surface area (Å²) in [6, 6.07) is 0. The van der Waals surface area contributed by atoms with Crippen molar-refractivity contribution < 1.29 is 51.6 Å².